The monoisotopic (exact) mass is 874 g/mol. The molecule has 3 heterocycles. The number of nitrogens with one attached hydrogen (secondary N) is 1. The standard InChI is InChI=1S/C28H32N2O3.C27H30N2O3/c1-21(27(31)15-8-23-5-4-16-29-20-23)33-26-13-11-25(12-14-26)24-9-6-22(7-10-24)19-28(32)30-17-2-3-18-30;1-19(26(30)15-6-21-3-2-16-28-18-21)32-25-13-9-23(10-14-25)22-7-4-20(5-8-22)17-27(31)29-24-11-12-24/h4-7,9-14,16,20-21,27,31H,2-3,8,15,17-19H2,1H3;2-5,7-10,13-14,16,18-19,24,26,30H,6,11-12,15,17H2,1H3,(H,29,31)/t21-,27+;19-,26+/m00/s1. The number of ether oxygens (including phenoxy) is 2. The zero-order chi connectivity index (χ0) is 45.4. The molecule has 0 unspecified atom stereocenters. The number of hydrogen-bond donors (Lipinski definition) is 3. The molecule has 0 spiro atoms. The molecule has 2 aromatic heterocycles. The number of likely N-dealkylation sites (tertiary alicyclic amines) is 1. The van der Waals surface area contributed by atoms with Crippen LogP contribution in [0.25, 0.3) is 22.3 Å². The first-order chi connectivity index (χ1) is 31.6. The Balaban J connectivity index is 0.000000194. The van der Waals surface area contributed by atoms with E-state index in [2.05, 4.69) is 27.4 Å². The van der Waals surface area contributed by atoms with Crippen LogP contribution in [0.1, 0.15) is 74.6 Å². The molecule has 1 saturated heterocycles. The lowest BCUT2D eigenvalue weighted by Gasteiger charge is -2.20. The second-order valence-corrected chi connectivity index (χ2v) is 17.3. The number of pyridine rings is 2. The van der Waals surface area contributed by atoms with Crippen molar-refractivity contribution in [1.29, 1.82) is 0 Å². The minimum absolute atomic E-state index is 0.0958. The summed E-state index contributed by atoms with van der Waals surface area (Å²) in [5.41, 5.74) is 8.64. The van der Waals surface area contributed by atoms with Crippen molar-refractivity contribution in [1.82, 2.24) is 20.2 Å². The van der Waals surface area contributed by atoms with Gasteiger partial charge in [-0.25, -0.2) is 0 Å². The highest BCUT2D eigenvalue weighted by Gasteiger charge is 2.23. The van der Waals surface area contributed by atoms with Gasteiger partial charge in [0, 0.05) is 43.9 Å². The van der Waals surface area contributed by atoms with Crippen LogP contribution in [-0.2, 0) is 35.3 Å². The summed E-state index contributed by atoms with van der Waals surface area (Å²) < 4.78 is 11.9. The van der Waals surface area contributed by atoms with Gasteiger partial charge in [0.15, 0.2) is 0 Å². The molecule has 4 aromatic carbocycles. The molecule has 1 saturated carbocycles. The van der Waals surface area contributed by atoms with Gasteiger partial charge in [-0.3, -0.25) is 19.6 Å². The summed E-state index contributed by atoms with van der Waals surface area (Å²) in [5.74, 6) is 1.78. The van der Waals surface area contributed by atoms with Crippen LogP contribution < -0.4 is 14.8 Å². The Labute approximate surface area is 383 Å². The number of benzene rings is 4. The summed E-state index contributed by atoms with van der Waals surface area (Å²) in [6, 6.07) is 40.3. The maximum Gasteiger partial charge on any atom is 0.226 e. The average molecular weight is 875 g/mol. The Bertz CT molecular complexity index is 2350. The number of carbonyl (C=O) groups is 2. The largest absolute Gasteiger partial charge is 0.488 e. The summed E-state index contributed by atoms with van der Waals surface area (Å²) >= 11 is 0. The Kier molecular flexibility index (Phi) is 16.9. The van der Waals surface area contributed by atoms with E-state index in [1.807, 2.05) is 140 Å². The van der Waals surface area contributed by atoms with Gasteiger partial charge in [-0.1, -0.05) is 84.9 Å². The van der Waals surface area contributed by atoms with Gasteiger partial charge >= 0.3 is 0 Å². The molecule has 8 rings (SSSR count). The molecular weight excluding hydrogens is 813 g/mol. The summed E-state index contributed by atoms with van der Waals surface area (Å²) in [6.45, 7) is 5.57. The van der Waals surface area contributed by atoms with Gasteiger partial charge in [0.2, 0.25) is 11.8 Å². The molecule has 338 valence electrons. The molecular formula is C55H62N4O6. The predicted molar refractivity (Wildman–Crippen MR) is 255 cm³/mol. The van der Waals surface area contributed by atoms with E-state index in [1.165, 1.54) is 0 Å². The van der Waals surface area contributed by atoms with E-state index in [9.17, 15) is 19.8 Å². The number of nitrogens with zero attached hydrogens (tertiary/aromatic N) is 3. The first-order valence-electron chi connectivity index (χ1n) is 23.1. The molecule has 1 aliphatic carbocycles. The molecule has 2 fully saturated rings. The first kappa shape index (κ1) is 46.6. The van der Waals surface area contributed by atoms with Gasteiger partial charge in [-0.15, -0.1) is 0 Å². The fourth-order valence-electron chi connectivity index (χ4n) is 7.80. The Morgan fingerprint density at radius 3 is 1.42 bits per heavy atom. The van der Waals surface area contributed by atoms with Gasteiger partial charge in [0.25, 0.3) is 0 Å². The number of aliphatic hydroxyl groups excluding tert-OH is 2. The van der Waals surface area contributed by atoms with Crippen LogP contribution in [0.3, 0.4) is 0 Å². The highest BCUT2D eigenvalue weighted by molar-refractivity contribution is 5.80. The van der Waals surface area contributed by atoms with E-state index < -0.39 is 12.2 Å². The zero-order valence-corrected chi connectivity index (χ0v) is 37.6. The third-order valence-electron chi connectivity index (χ3n) is 12.0. The molecule has 10 nitrogen and oxygen atoms in total. The normalized spacial score (nSPS) is 15.2. The van der Waals surface area contributed by atoms with Gasteiger partial charge in [0.1, 0.15) is 23.7 Å². The van der Waals surface area contributed by atoms with E-state index in [4.69, 9.17) is 9.47 Å². The highest BCUT2D eigenvalue weighted by Crippen LogP contribution is 2.27. The Hall–Kier alpha value is -6.36. The number of aromatic nitrogens is 2. The summed E-state index contributed by atoms with van der Waals surface area (Å²) in [4.78, 5) is 34.5. The minimum Gasteiger partial charge on any atom is -0.488 e. The number of hydrogen-bond acceptors (Lipinski definition) is 8. The fourth-order valence-corrected chi connectivity index (χ4v) is 7.80. The van der Waals surface area contributed by atoms with Crippen molar-refractivity contribution in [2.24, 2.45) is 0 Å². The lowest BCUT2D eigenvalue weighted by molar-refractivity contribution is -0.129. The van der Waals surface area contributed by atoms with Crippen LogP contribution in [0, 0.1) is 0 Å². The van der Waals surface area contributed by atoms with E-state index in [0.717, 1.165) is 108 Å². The van der Waals surface area contributed by atoms with Crippen molar-refractivity contribution in [3.8, 4) is 33.8 Å². The van der Waals surface area contributed by atoms with Crippen LogP contribution in [0.2, 0.25) is 0 Å². The summed E-state index contributed by atoms with van der Waals surface area (Å²) in [5, 5.41) is 23.9. The number of rotatable bonds is 19. The van der Waals surface area contributed by atoms with Crippen molar-refractivity contribution in [2.45, 2.75) is 109 Å². The number of aliphatic hydroxyl groups is 2. The number of carbonyl (C=O) groups excluding carboxylic acids is 2. The molecule has 0 bridgehead atoms. The minimum atomic E-state index is -0.556. The van der Waals surface area contributed by atoms with E-state index in [0.29, 0.717) is 31.7 Å². The van der Waals surface area contributed by atoms with E-state index in [-0.39, 0.29) is 24.0 Å². The Morgan fingerprint density at radius 2 is 1.02 bits per heavy atom. The quantitative estimate of drug-likeness (QED) is 0.0735. The van der Waals surface area contributed by atoms with Crippen LogP contribution in [0.15, 0.2) is 146 Å². The van der Waals surface area contributed by atoms with Gasteiger partial charge in [-0.2, -0.15) is 0 Å². The summed E-state index contributed by atoms with van der Waals surface area (Å²) in [7, 11) is 0. The van der Waals surface area contributed by atoms with Crippen molar-refractivity contribution < 1.29 is 29.3 Å². The molecule has 4 atom stereocenters. The maximum absolute atomic E-state index is 12.3. The topological polar surface area (TPSA) is 134 Å². The molecule has 1 aliphatic heterocycles. The predicted octanol–water partition coefficient (Wildman–Crippen LogP) is 9.01. The average Bonchev–Trinajstić information content (AvgIpc) is 3.97. The van der Waals surface area contributed by atoms with Gasteiger partial charge in [0.05, 0.1) is 25.0 Å². The summed E-state index contributed by atoms with van der Waals surface area (Å²) in [6.07, 6.45) is 13.5. The van der Waals surface area contributed by atoms with Crippen LogP contribution in [0.4, 0.5) is 0 Å². The third kappa shape index (κ3) is 14.8. The van der Waals surface area contributed by atoms with Crippen molar-refractivity contribution in [2.75, 3.05) is 13.1 Å². The molecule has 2 amide bonds. The van der Waals surface area contributed by atoms with Crippen LogP contribution in [0.5, 0.6) is 11.5 Å². The molecule has 3 N–H and O–H groups in total. The fraction of sp³-hybridized carbons (Fsp3) is 0.345. The zero-order valence-electron chi connectivity index (χ0n) is 37.6. The maximum atomic E-state index is 12.3. The number of aryl methyl sites for hydroxylation is 2. The van der Waals surface area contributed by atoms with Crippen LogP contribution >= 0.6 is 0 Å². The molecule has 65 heavy (non-hydrogen) atoms. The lowest BCUT2D eigenvalue weighted by atomic mass is 10.0. The smallest absolute Gasteiger partial charge is 0.226 e. The first-order valence-corrected chi connectivity index (χ1v) is 23.1. The Morgan fingerprint density at radius 1 is 0.600 bits per heavy atom. The molecule has 10 heteroatoms. The van der Waals surface area contributed by atoms with Crippen molar-refractivity contribution in [3.63, 3.8) is 0 Å². The van der Waals surface area contributed by atoms with Gasteiger partial charge < -0.3 is 29.9 Å². The lowest BCUT2D eigenvalue weighted by Crippen LogP contribution is -2.29. The molecule has 6 aromatic rings. The van der Waals surface area contributed by atoms with Crippen LogP contribution in [-0.4, -0.2) is 80.4 Å². The second kappa shape index (κ2) is 23.5. The SMILES string of the molecule is C[C@H](Oc1ccc(-c2ccc(CC(=O)N3CCCC3)cc2)cc1)[C@H](O)CCc1cccnc1.C[C@H](Oc1ccc(-c2ccc(CC(=O)NC3CC3)cc2)cc1)[C@H](O)CCc1cccnc1. The number of amides is 2. The third-order valence-corrected chi connectivity index (χ3v) is 12.0. The highest BCUT2D eigenvalue weighted by atomic mass is 16.5. The van der Waals surface area contributed by atoms with E-state index in [1.54, 1.807) is 12.4 Å². The van der Waals surface area contributed by atoms with Gasteiger partial charge in [-0.05, 0) is 146 Å². The van der Waals surface area contributed by atoms with E-state index >= 15 is 0 Å². The van der Waals surface area contributed by atoms with Crippen molar-refractivity contribution in [3.05, 3.63) is 168 Å². The molecule has 0 radical (unpaired) electrons. The molecule has 2 aliphatic rings. The van der Waals surface area contributed by atoms with Crippen molar-refractivity contribution >= 4 is 11.8 Å². The second-order valence-electron chi connectivity index (χ2n) is 17.3.